The fourth-order valence-electron chi connectivity index (χ4n) is 3.78. The van der Waals surface area contributed by atoms with Crippen LogP contribution < -0.4 is 14.8 Å². The summed E-state index contributed by atoms with van der Waals surface area (Å²) in [6.45, 7) is 5.68. The van der Waals surface area contributed by atoms with Crippen molar-refractivity contribution in [2.24, 2.45) is 0 Å². The SMILES string of the molecule is COc1cc(CC(=O)NCc2cccc(OCCN(C)C3CCOCC3)c2)ccc1C. The van der Waals surface area contributed by atoms with E-state index in [1.165, 1.54) is 0 Å². The van der Waals surface area contributed by atoms with Crippen molar-refractivity contribution in [3.63, 3.8) is 0 Å². The first kappa shape index (κ1) is 23.1. The van der Waals surface area contributed by atoms with Crippen molar-refractivity contribution in [1.29, 1.82) is 0 Å². The second kappa shape index (κ2) is 11.7. The Morgan fingerprint density at radius 3 is 2.74 bits per heavy atom. The van der Waals surface area contributed by atoms with E-state index in [4.69, 9.17) is 14.2 Å². The maximum atomic E-state index is 12.4. The molecular weight excluding hydrogens is 392 g/mol. The van der Waals surface area contributed by atoms with Crippen LogP contribution in [0.1, 0.15) is 29.5 Å². The molecule has 1 aliphatic heterocycles. The van der Waals surface area contributed by atoms with Gasteiger partial charge in [0.1, 0.15) is 18.1 Å². The lowest BCUT2D eigenvalue weighted by Crippen LogP contribution is -2.38. The van der Waals surface area contributed by atoms with Crippen molar-refractivity contribution in [3.8, 4) is 11.5 Å². The van der Waals surface area contributed by atoms with Gasteiger partial charge in [0.15, 0.2) is 0 Å². The number of aryl methyl sites for hydroxylation is 1. The Bertz CT molecular complexity index is 849. The molecule has 1 aliphatic rings. The highest BCUT2D eigenvalue weighted by molar-refractivity contribution is 5.78. The van der Waals surface area contributed by atoms with Crippen molar-refractivity contribution >= 4 is 5.91 Å². The number of carbonyl (C=O) groups excluding carboxylic acids is 1. The van der Waals surface area contributed by atoms with Gasteiger partial charge in [-0.1, -0.05) is 24.3 Å². The van der Waals surface area contributed by atoms with Crippen molar-refractivity contribution < 1.29 is 19.0 Å². The number of likely N-dealkylation sites (N-methyl/N-ethyl adjacent to an activating group) is 1. The number of amides is 1. The van der Waals surface area contributed by atoms with E-state index in [-0.39, 0.29) is 5.91 Å². The van der Waals surface area contributed by atoms with Crippen molar-refractivity contribution in [2.75, 3.05) is 40.5 Å². The number of nitrogens with one attached hydrogen (secondary N) is 1. The summed E-state index contributed by atoms with van der Waals surface area (Å²) in [6, 6.07) is 14.3. The van der Waals surface area contributed by atoms with E-state index in [0.717, 1.165) is 60.8 Å². The molecule has 6 nitrogen and oxygen atoms in total. The largest absolute Gasteiger partial charge is 0.496 e. The van der Waals surface area contributed by atoms with Gasteiger partial charge in [-0.25, -0.2) is 0 Å². The highest BCUT2D eigenvalue weighted by Crippen LogP contribution is 2.19. The number of carbonyl (C=O) groups is 1. The van der Waals surface area contributed by atoms with E-state index in [1.807, 2.05) is 49.4 Å². The summed E-state index contributed by atoms with van der Waals surface area (Å²) in [5.74, 6) is 1.61. The molecule has 0 bridgehead atoms. The minimum absolute atomic E-state index is 0.0182. The molecule has 0 spiro atoms. The molecule has 0 saturated carbocycles. The molecule has 1 N–H and O–H groups in total. The Labute approximate surface area is 185 Å². The van der Waals surface area contributed by atoms with E-state index < -0.39 is 0 Å². The molecule has 1 fully saturated rings. The number of hydrogen-bond acceptors (Lipinski definition) is 5. The second-order valence-electron chi connectivity index (χ2n) is 8.08. The smallest absolute Gasteiger partial charge is 0.224 e. The van der Waals surface area contributed by atoms with E-state index >= 15 is 0 Å². The molecule has 1 amide bonds. The Morgan fingerprint density at radius 2 is 1.97 bits per heavy atom. The van der Waals surface area contributed by atoms with Crippen LogP contribution in [-0.2, 0) is 22.5 Å². The van der Waals surface area contributed by atoms with Gasteiger partial charge in [-0.3, -0.25) is 9.69 Å². The first-order valence-electron chi connectivity index (χ1n) is 10.9. The van der Waals surface area contributed by atoms with Crippen LogP contribution in [-0.4, -0.2) is 57.4 Å². The Hall–Kier alpha value is -2.57. The highest BCUT2D eigenvalue weighted by atomic mass is 16.5. The molecule has 2 aromatic carbocycles. The molecular formula is C25H34N2O4. The summed E-state index contributed by atoms with van der Waals surface area (Å²) in [7, 11) is 3.79. The first-order chi connectivity index (χ1) is 15.0. The number of methoxy groups -OCH3 is 1. The van der Waals surface area contributed by atoms with Gasteiger partial charge in [0, 0.05) is 32.3 Å². The van der Waals surface area contributed by atoms with Gasteiger partial charge in [-0.05, 0) is 61.7 Å². The van der Waals surface area contributed by atoms with Gasteiger partial charge in [0.25, 0.3) is 0 Å². The predicted molar refractivity (Wildman–Crippen MR) is 122 cm³/mol. The van der Waals surface area contributed by atoms with Gasteiger partial charge >= 0.3 is 0 Å². The highest BCUT2D eigenvalue weighted by Gasteiger charge is 2.18. The molecule has 0 aromatic heterocycles. The third kappa shape index (κ3) is 7.26. The van der Waals surface area contributed by atoms with Gasteiger partial charge in [-0.15, -0.1) is 0 Å². The molecule has 0 unspecified atom stereocenters. The predicted octanol–water partition coefficient (Wildman–Crippen LogP) is 3.35. The summed E-state index contributed by atoms with van der Waals surface area (Å²) >= 11 is 0. The number of hydrogen-bond donors (Lipinski definition) is 1. The summed E-state index contributed by atoms with van der Waals surface area (Å²) in [4.78, 5) is 14.7. The Morgan fingerprint density at radius 1 is 1.16 bits per heavy atom. The number of rotatable bonds is 10. The van der Waals surface area contributed by atoms with Gasteiger partial charge in [0.2, 0.25) is 5.91 Å². The van der Waals surface area contributed by atoms with Crippen LogP contribution in [0, 0.1) is 6.92 Å². The van der Waals surface area contributed by atoms with Crippen molar-refractivity contribution in [3.05, 3.63) is 59.2 Å². The van der Waals surface area contributed by atoms with Gasteiger partial charge in [-0.2, -0.15) is 0 Å². The van der Waals surface area contributed by atoms with Crippen LogP contribution in [0.15, 0.2) is 42.5 Å². The lowest BCUT2D eigenvalue weighted by molar-refractivity contribution is -0.120. The molecule has 6 heteroatoms. The summed E-state index contributed by atoms with van der Waals surface area (Å²) in [5.41, 5.74) is 3.01. The van der Waals surface area contributed by atoms with Crippen molar-refractivity contribution in [2.45, 2.75) is 38.8 Å². The van der Waals surface area contributed by atoms with Crippen LogP contribution in [0.2, 0.25) is 0 Å². The zero-order valence-corrected chi connectivity index (χ0v) is 18.9. The number of nitrogens with zero attached hydrogens (tertiary/aromatic N) is 1. The van der Waals surface area contributed by atoms with Crippen LogP contribution >= 0.6 is 0 Å². The zero-order valence-electron chi connectivity index (χ0n) is 18.9. The third-order valence-corrected chi connectivity index (χ3v) is 5.75. The normalized spacial score (nSPS) is 14.5. The standard InChI is InChI=1S/C25H34N2O4/c1-19-7-8-20(16-24(19)29-3)17-25(28)26-18-21-5-4-6-23(15-21)31-14-11-27(2)22-9-12-30-13-10-22/h4-8,15-16,22H,9-14,17-18H2,1-3H3,(H,26,28). The molecule has 0 radical (unpaired) electrons. The molecule has 1 saturated heterocycles. The quantitative estimate of drug-likeness (QED) is 0.631. The molecule has 31 heavy (non-hydrogen) atoms. The average molecular weight is 427 g/mol. The molecule has 168 valence electrons. The fraction of sp³-hybridized carbons (Fsp3) is 0.480. The molecule has 2 aromatic rings. The summed E-state index contributed by atoms with van der Waals surface area (Å²) < 4.78 is 16.7. The van der Waals surface area contributed by atoms with Crippen LogP contribution in [0.5, 0.6) is 11.5 Å². The van der Waals surface area contributed by atoms with Crippen LogP contribution in [0.25, 0.3) is 0 Å². The van der Waals surface area contributed by atoms with E-state index in [1.54, 1.807) is 7.11 Å². The molecule has 0 aliphatic carbocycles. The monoisotopic (exact) mass is 426 g/mol. The fourth-order valence-corrected chi connectivity index (χ4v) is 3.78. The minimum atomic E-state index is -0.0182. The lowest BCUT2D eigenvalue weighted by Gasteiger charge is -2.31. The first-order valence-corrected chi connectivity index (χ1v) is 10.9. The molecule has 1 heterocycles. The average Bonchev–Trinajstić information content (AvgIpc) is 2.80. The Kier molecular flexibility index (Phi) is 8.74. The minimum Gasteiger partial charge on any atom is -0.496 e. The zero-order chi connectivity index (χ0) is 22.1. The Balaban J connectivity index is 1.43. The molecule has 0 atom stereocenters. The van der Waals surface area contributed by atoms with E-state index in [0.29, 0.717) is 25.6 Å². The molecule has 3 rings (SSSR count). The van der Waals surface area contributed by atoms with Crippen LogP contribution in [0.3, 0.4) is 0 Å². The van der Waals surface area contributed by atoms with Gasteiger partial charge < -0.3 is 19.5 Å². The van der Waals surface area contributed by atoms with E-state index in [9.17, 15) is 4.79 Å². The maximum absolute atomic E-state index is 12.4. The summed E-state index contributed by atoms with van der Waals surface area (Å²) in [5, 5.41) is 2.99. The van der Waals surface area contributed by atoms with Crippen LogP contribution in [0.4, 0.5) is 0 Å². The topological polar surface area (TPSA) is 60.0 Å². The van der Waals surface area contributed by atoms with E-state index in [2.05, 4.69) is 17.3 Å². The lowest BCUT2D eigenvalue weighted by atomic mass is 10.1. The number of benzene rings is 2. The number of ether oxygens (including phenoxy) is 3. The van der Waals surface area contributed by atoms with Crippen molar-refractivity contribution in [1.82, 2.24) is 10.2 Å². The van der Waals surface area contributed by atoms with Gasteiger partial charge in [0.05, 0.1) is 13.5 Å². The second-order valence-corrected chi connectivity index (χ2v) is 8.08. The maximum Gasteiger partial charge on any atom is 0.224 e. The summed E-state index contributed by atoms with van der Waals surface area (Å²) in [6.07, 6.45) is 2.49. The third-order valence-electron chi connectivity index (χ3n) is 5.75.